The summed E-state index contributed by atoms with van der Waals surface area (Å²) in [5, 5.41) is 15.3. The zero-order valence-electron chi connectivity index (χ0n) is 19.5. The van der Waals surface area contributed by atoms with Crippen molar-refractivity contribution in [2.45, 2.75) is 31.2 Å². The van der Waals surface area contributed by atoms with E-state index in [9.17, 15) is 19.1 Å². The molecule has 8 heteroatoms. The summed E-state index contributed by atoms with van der Waals surface area (Å²) in [5.41, 5.74) is 1.08. The highest BCUT2D eigenvalue weighted by molar-refractivity contribution is 5.94. The van der Waals surface area contributed by atoms with Gasteiger partial charge in [0.15, 0.2) is 0 Å². The molecule has 1 heterocycles. The predicted octanol–water partition coefficient (Wildman–Crippen LogP) is 3.74. The summed E-state index contributed by atoms with van der Waals surface area (Å²) in [5.74, 6) is 0.234. The van der Waals surface area contributed by atoms with E-state index in [0.717, 1.165) is 17.4 Å². The summed E-state index contributed by atoms with van der Waals surface area (Å²) in [6.45, 7) is -0.00934. The number of halogens is 1. The Morgan fingerprint density at radius 2 is 1.69 bits per heavy atom. The van der Waals surface area contributed by atoms with Gasteiger partial charge in [-0.15, -0.1) is 0 Å². The van der Waals surface area contributed by atoms with Crippen LogP contribution in [0.5, 0.6) is 11.5 Å². The van der Waals surface area contributed by atoms with Crippen molar-refractivity contribution in [2.24, 2.45) is 0 Å². The zero-order chi connectivity index (χ0) is 25.3. The van der Waals surface area contributed by atoms with Crippen molar-refractivity contribution in [3.8, 4) is 11.5 Å². The molecule has 2 amide bonds. The molecule has 3 aromatic carbocycles. The highest BCUT2D eigenvalue weighted by Crippen LogP contribution is 2.21. The Hall–Kier alpha value is -4.01. The standard InChI is InChI=1S/C28H27FN2O5/c29-21-6-4-5-20(15-21)28(34)31-25-14-13-24(36-26(25)18-32)16-27(33)30-17-19-9-11-23(12-10-19)35-22-7-2-1-3-8-22/h1-15,24-26,32H,16-18H2,(H,30,33)(H,31,34)/t24-,25-,26+/m0/s1. The second-order valence-electron chi connectivity index (χ2n) is 8.33. The van der Waals surface area contributed by atoms with Crippen molar-refractivity contribution in [3.05, 3.63) is 108 Å². The number of aliphatic hydroxyl groups is 1. The summed E-state index contributed by atoms with van der Waals surface area (Å²) < 4.78 is 25.0. The number of benzene rings is 3. The number of carbonyl (C=O) groups is 2. The van der Waals surface area contributed by atoms with Gasteiger partial charge in [-0.3, -0.25) is 9.59 Å². The first-order valence-corrected chi connectivity index (χ1v) is 11.6. The maximum absolute atomic E-state index is 13.4. The minimum Gasteiger partial charge on any atom is -0.457 e. The van der Waals surface area contributed by atoms with Gasteiger partial charge in [0.25, 0.3) is 5.91 Å². The van der Waals surface area contributed by atoms with Crippen molar-refractivity contribution in [2.75, 3.05) is 6.61 Å². The number of rotatable bonds is 9. The van der Waals surface area contributed by atoms with Gasteiger partial charge in [-0.05, 0) is 48.0 Å². The highest BCUT2D eigenvalue weighted by atomic mass is 19.1. The Morgan fingerprint density at radius 3 is 2.42 bits per heavy atom. The molecule has 0 aliphatic carbocycles. The molecule has 0 saturated carbocycles. The average Bonchev–Trinajstić information content (AvgIpc) is 2.89. The van der Waals surface area contributed by atoms with E-state index in [1.807, 2.05) is 54.6 Å². The largest absolute Gasteiger partial charge is 0.457 e. The number of nitrogens with one attached hydrogen (secondary N) is 2. The third-order valence-electron chi connectivity index (χ3n) is 5.63. The van der Waals surface area contributed by atoms with Gasteiger partial charge in [-0.2, -0.15) is 0 Å². The van der Waals surface area contributed by atoms with E-state index in [1.54, 1.807) is 12.2 Å². The fourth-order valence-corrected chi connectivity index (χ4v) is 3.76. The van der Waals surface area contributed by atoms with Gasteiger partial charge >= 0.3 is 0 Å². The molecule has 3 aromatic rings. The van der Waals surface area contributed by atoms with Crippen LogP contribution in [0.1, 0.15) is 22.3 Å². The van der Waals surface area contributed by atoms with Crippen LogP contribution in [0.2, 0.25) is 0 Å². The molecule has 3 atom stereocenters. The molecular weight excluding hydrogens is 463 g/mol. The fourth-order valence-electron chi connectivity index (χ4n) is 3.76. The van der Waals surface area contributed by atoms with Gasteiger partial charge in [0.05, 0.1) is 25.2 Å². The monoisotopic (exact) mass is 490 g/mol. The lowest BCUT2D eigenvalue weighted by Gasteiger charge is -2.31. The molecule has 0 bridgehead atoms. The SMILES string of the molecule is O=C(C[C@@H]1C=C[C@H](NC(=O)c2cccc(F)c2)[C@@H](CO)O1)NCc1ccc(Oc2ccccc2)cc1. The van der Waals surface area contributed by atoms with Crippen LogP contribution in [0.15, 0.2) is 91.0 Å². The molecule has 0 spiro atoms. The van der Waals surface area contributed by atoms with E-state index in [0.29, 0.717) is 12.3 Å². The smallest absolute Gasteiger partial charge is 0.251 e. The number of para-hydroxylation sites is 1. The first kappa shape index (κ1) is 25.1. The Balaban J connectivity index is 1.25. The minimum absolute atomic E-state index is 0.0623. The van der Waals surface area contributed by atoms with Crippen LogP contribution in [0.4, 0.5) is 4.39 Å². The van der Waals surface area contributed by atoms with Crippen LogP contribution in [-0.2, 0) is 16.1 Å². The van der Waals surface area contributed by atoms with Crippen molar-refractivity contribution in [1.82, 2.24) is 10.6 Å². The lowest BCUT2D eigenvalue weighted by Crippen LogP contribution is -2.49. The van der Waals surface area contributed by atoms with Crippen LogP contribution in [0, 0.1) is 5.82 Å². The molecule has 0 aromatic heterocycles. The second-order valence-corrected chi connectivity index (χ2v) is 8.33. The minimum atomic E-state index is -0.734. The number of carbonyl (C=O) groups excluding carboxylic acids is 2. The Bertz CT molecular complexity index is 1200. The van der Waals surface area contributed by atoms with Gasteiger partial charge < -0.3 is 25.2 Å². The molecular formula is C28H27FN2O5. The molecule has 7 nitrogen and oxygen atoms in total. The van der Waals surface area contributed by atoms with E-state index in [-0.39, 0.29) is 24.5 Å². The van der Waals surface area contributed by atoms with Gasteiger partial charge in [0, 0.05) is 12.1 Å². The van der Waals surface area contributed by atoms with E-state index < -0.39 is 30.0 Å². The van der Waals surface area contributed by atoms with Crippen molar-refractivity contribution in [1.29, 1.82) is 0 Å². The van der Waals surface area contributed by atoms with E-state index in [1.165, 1.54) is 18.2 Å². The van der Waals surface area contributed by atoms with Gasteiger partial charge in [-0.25, -0.2) is 4.39 Å². The third kappa shape index (κ3) is 7.00. The summed E-state index contributed by atoms with van der Waals surface area (Å²) in [4.78, 5) is 24.8. The number of ether oxygens (including phenoxy) is 2. The number of hydrogen-bond donors (Lipinski definition) is 3. The van der Waals surface area contributed by atoms with Crippen molar-refractivity contribution >= 4 is 11.8 Å². The lowest BCUT2D eigenvalue weighted by molar-refractivity contribution is -0.125. The van der Waals surface area contributed by atoms with E-state index >= 15 is 0 Å². The van der Waals surface area contributed by atoms with Gasteiger partial charge in [0.2, 0.25) is 5.91 Å². The summed E-state index contributed by atoms with van der Waals surface area (Å²) in [6.07, 6.45) is 2.14. The number of aliphatic hydroxyl groups excluding tert-OH is 1. The quantitative estimate of drug-likeness (QED) is 0.397. The normalized spacial score (nSPS) is 18.9. The topological polar surface area (TPSA) is 96.9 Å². The molecule has 36 heavy (non-hydrogen) atoms. The summed E-state index contributed by atoms with van der Waals surface area (Å²) in [6, 6.07) is 21.6. The molecule has 4 rings (SSSR count). The Labute approximate surface area is 208 Å². The van der Waals surface area contributed by atoms with E-state index in [2.05, 4.69) is 10.6 Å². The average molecular weight is 491 g/mol. The molecule has 1 aliphatic rings. The van der Waals surface area contributed by atoms with Crippen LogP contribution < -0.4 is 15.4 Å². The number of amides is 2. The van der Waals surface area contributed by atoms with Crippen molar-refractivity contribution < 1.29 is 28.6 Å². The second kappa shape index (κ2) is 12.1. The zero-order valence-corrected chi connectivity index (χ0v) is 19.5. The maximum Gasteiger partial charge on any atom is 0.251 e. The molecule has 3 N–H and O–H groups in total. The van der Waals surface area contributed by atoms with Crippen LogP contribution in [-0.4, -0.2) is 41.8 Å². The van der Waals surface area contributed by atoms with Crippen molar-refractivity contribution in [3.63, 3.8) is 0 Å². The summed E-state index contributed by atoms with van der Waals surface area (Å²) >= 11 is 0. The van der Waals surface area contributed by atoms with Gasteiger partial charge in [0.1, 0.15) is 23.4 Å². The maximum atomic E-state index is 13.4. The molecule has 186 valence electrons. The molecule has 0 unspecified atom stereocenters. The first-order chi connectivity index (χ1) is 17.5. The Kier molecular flexibility index (Phi) is 8.44. The van der Waals surface area contributed by atoms with Crippen LogP contribution >= 0.6 is 0 Å². The highest BCUT2D eigenvalue weighted by Gasteiger charge is 2.29. The van der Waals surface area contributed by atoms with Gasteiger partial charge in [-0.1, -0.05) is 48.6 Å². The molecule has 0 radical (unpaired) electrons. The van der Waals surface area contributed by atoms with E-state index in [4.69, 9.17) is 9.47 Å². The first-order valence-electron chi connectivity index (χ1n) is 11.6. The third-order valence-corrected chi connectivity index (χ3v) is 5.63. The summed E-state index contributed by atoms with van der Waals surface area (Å²) in [7, 11) is 0. The molecule has 0 fully saturated rings. The van der Waals surface area contributed by atoms with Crippen LogP contribution in [0.25, 0.3) is 0 Å². The van der Waals surface area contributed by atoms with Crippen LogP contribution in [0.3, 0.4) is 0 Å². The number of hydrogen-bond acceptors (Lipinski definition) is 5. The fraction of sp³-hybridized carbons (Fsp3) is 0.214. The molecule has 0 saturated heterocycles. The molecule has 1 aliphatic heterocycles. The lowest BCUT2D eigenvalue weighted by atomic mass is 10.0. The Morgan fingerprint density at radius 1 is 0.944 bits per heavy atom. The predicted molar refractivity (Wildman–Crippen MR) is 132 cm³/mol.